The van der Waals surface area contributed by atoms with Crippen molar-refractivity contribution in [3.8, 4) is 0 Å². The Morgan fingerprint density at radius 2 is 2.03 bits per heavy atom. The molecular formula is C26H32BrClN4O4. The van der Waals surface area contributed by atoms with E-state index in [1.165, 1.54) is 7.11 Å². The number of nitrogens with one attached hydrogen (secondary N) is 1. The molecule has 0 unspecified atom stereocenters. The molecule has 0 aliphatic heterocycles. The first-order chi connectivity index (χ1) is 16.9. The molecule has 0 aliphatic carbocycles. The van der Waals surface area contributed by atoms with Crippen molar-refractivity contribution in [2.75, 3.05) is 38.0 Å². The van der Waals surface area contributed by atoms with Gasteiger partial charge >= 0.3 is 5.97 Å². The minimum absolute atomic E-state index is 0.0370. The topological polar surface area (TPSA) is 85.7 Å². The number of hydrogen-bond donors (Lipinski definition) is 1. The van der Waals surface area contributed by atoms with E-state index in [9.17, 15) is 9.59 Å². The van der Waals surface area contributed by atoms with E-state index < -0.39 is 17.5 Å². The van der Waals surface area contributed by atoms with E-state index in [2.05, 4.69) is 32.8 Å². The molecule has 0 atom stereocenters. The van der Waals surface area contributed by atoms with E-state index in [-0.39, 0.29) is 28.7 Å². The second-order valence-electron chi connectivity index (χ2n) is 8.65. The van der Waals surface area contributed by atoms with Crippen molar-refractivity contribution < 1.29 is 19.1 Å². The Morgan fingerprint density at radius 3 is 2.58 bits per heavy atom. The zero-order chi connectivity index (χ0) is 27.0. The minimum Gasteiger partial charge on any atom is -0.452 e. The Bertz CT molecular complexity index is 1180. The van der Waals surface area contributed by atoms with Gasteiger partial charge in [-0.15, -0.1) is 6.58 Å². The number of hydrogen-bond acceptors (Lipinski definition) is 6. The molecule has 1 amide bonds. The standard InChI is InChI=1S/C26H32BrClN4O4/c1-8-10-12-18(11-9-2)32-21(24(34)36-26(3,4)16-35-7)22(30-25(32)31(5)6)29-23(33)19-14-13-17(27)15-20(19)28/h8-9,11-15H,1,10,16H2,2-7H3,(H,29,33)/b11-9-,18-12?. The first-order valence-corrected chi connectivity index (χ1v) is 12.4. The molecule has 0 bridgehead atoms. The summed E-state index contributed by atoms with van der Waals surface area (Å²) in [6, 6.07) is 4.90. The number of esters is 1. The molecule has 8 nitrogen and oxygen atoms in total. The molecule has 0 radical (unpaired) electrons. The number of rotatable bonds is 11. The first kappa shape index (κ1) is 29.4. The molecule has 194 valence electrons. The number of carbonyl (C=O) groups excluding carboxylic acids is 2. The summed E-state index contributed by atoms with van der Waals surface area (Å²) in [5.41, 5.74) is 0.0158. The Kier molecular flexibility index (Phi) is 10.5. The molecular weight excluding hydrogens is 548 g/mol. The molecule has 1 N–H and O–H groups in total. The smallest absolute Gasteiger partial charge is 0.359 e. The van der Waals surface area contributed by atoms with Gasteiger partial charge in [0.05, 0.1) is 17.2 Å². The second-order valence-corrected chi connectivity index (χ2v) is 9.98. The van der Waals surface area contributed by atoms with E-state index in [0.717, 1.165) is 4.47 Å². The lowest BCUT2D eigenvalue weighted by Gasteiger charge is -2.25. The molecule has 10 heteroatoms. The molecule has 1 aromatic heterocycles. The summed E-state index contributed by atoms with van der Waals surface area (Å²) >= 11 is 9.63. The van der Waals surface area contributed by atoms with Gasteiger partial charge in [0.2, 0.25) is 5.95 Å². The predicted octanol–water partition coefficient (Wildman–Crippen LogP) is 6.19. The van der Waals surface area contributed by atoms with Crippen molar-refractivity contribution in [1.29, 1.82) is 0 Å². The number of benzene rings is 1. The maximum Gasteiger partial charge on any atom is 0.359 e. The van der Waals surface area contributed by atoms with Crippen LogP contribution >= 0.6 is 27.5 Å². The van der Waals surface area contributed by atoms with Crippen LogP contribution < -0.4 is 10.2 Å². The highest BCUT2D eigenvalue weighted by Gasteiger charge is 2.32. The van der Waals surface area contributed by atoms with Crippen LogP contribution in [-0.2, 0) is 9.47 Å². The van der Waals surface area contributed by atoms with E-state index in [4.69, 9.17) is 21.1 Å². The summed E-state index contributed by atoms with van der Waals surface area (Å²) in [6.07, 6.45) is 7.87. The average Bonchev–Trinajstić information content (AvgIpc) is 3.15. The predicted molar refractivity (Wildman–Crippen MR) is 149 cm³/mol. The summed E-state index contributed by atoms with van der Waals surface area (Å²) in [5, 5.41) is 3.00. The number of carbonyl (C=O) groups is 2. The van der Waals surface area contributed by atoms with Gasteiger partial charge in [-0.1, -0.05) is 45.8 Å². The van der Waals surface area contributed by atoms with Gasteiger partial charge in [-0.3, -0.25) is 9.36 Å². The molecule has 1 heterocycles. The van der Waals surface area contributed by atoms with E-state index in [0.29, 0.717) is 18.1 Å². The largest absolute Gasteiger partial charge is 0.452 e. The Hall–Kier alpha value is -2.88. The van der Waals surface area contributed by atoms with Crippen molar-refractivity contribution in [2.24, 2.45) is 0 Å². The second kappa shape index (κ2) is 12.9. The summed E-state index contributed by atoms with van der Waals surface area (Å²) in [5.74, 6) is -0.744. The van der Waals surface area contributed by atoms with Gasteiger partial charge in [0.25, 0.3) is 5.91 Å². The molecule has 0 saturated carbocycles. The van der Waals surface area contributed by atoms with Gasteiger partial charge in [0.1, 0.15) is 5.60 Å². The number of amides is 1. The average molecular weight is 580 g/mol. The molecule has 0 fully saturated rings. The SMILES string of the molecule is C=CCC=C(/C=C\C)n1c(N(C)C)nc(NC(=O)c2ccc(Br)cc2Cl)c1C(=O)OC(C)(C)COC. The van der Waals surface area contributed by atoms with Gasteiger partial charge in [0.15, 0.2) is 11.5 Å². The van der Waals surface area contributed by atoms with Crippen molar-refractivity contribution in [1.82, 2.24) is 9.55 Å². The van der Waals surface area contributed by atoms with Crippen molar-refractivity contribution in [2.45, 2.75) is 32.8 Å². The van der Waals surface area contributed by atoms with E-state index in [1.54, 1.807) is 61.7 Å². The van der Waals surface area contributed by atoms with Crippen molar-refractivity contribution in [3.05, 3.63) is 69.8 Å². The third kappa shape index (κ3) is 7.32. The fraction of sp³-hybridized carbons (Fsp3) is 0.346. The number of halogens is 2. The fourth-order valence-corrected chi connectivity index (χ4v) is 4.12. The zero-order valence-corrected chi connectivity index (χ0v) is 23.7. The van der Waals surface area contributed by atoms with Crippen LogP contribution in [-0.4, -0.2) is 54.8 Å². The number of aromatic nitrogens is 2. The Balaban J connectivity index is 2.74. The van der Waals surface area contributed by atoms with Gasteiger partial charge in [0, 0.05) is 31.4 Å². The summed E-state index contributed by atoms with van der Waals surface area (Å²) in [6.45, 7) is 9.30. The molecule has 1 aromatic carbocycles. The Labute approximate surface area is 225 Å². The van der Waals surface area contributed by atoms with Crippen LogP contribution in [0.2, 0.25) is 5.02 Å². The van der Waals surface area contributed by atoms with Crippen LogP contribution in [0, 0.1) is 0 Å². The first-order valence-electron chi connectivity index (χ1n) is 11.2. The lowest BCUT2D eigenvalue weighted by atomic mass is 10.1. The third-order valence-corrected chi connectivity index (χ3v) is 5.62. The summed E-state index contributed by atoms with van der Waals surface area (Å²) in [7, 11) is 5.11. The summed E-state index contributed by atoms with van der Waals surface area (Å²) < 4.78 is 13.4. The maximum atomic E-state index is 13.6. The summed E-state index contributed by atoms with van der Waals surface area (Å²) in [4.78, 5) is 33.1. The van der Waals surface area contributed by atoms with Gasteiger partial charge in [-0.05, 0) is 51.5 Å². The monoisotopic (exact) mass is 578 g/mol. The van der Waals surface area contributed by atoms with Gasteiger partial charge < -0.3 is 19.7 Å². The van der Waals surface area contributed by atoms with Crippen molar-refractivity contribution >= 4 is 56.9 Å². The number of anilines is 2. The van der Waals surface area contributed by atoms with Gasteiger partial charge in [-0.25, -0.2) is 4.79 Å². The number of ether oxygens (including phenoxy) is 2. The van der Waals surface area contributed by atoms with Gasteiger partial charge in [-0.2, -0.15) is 4.98 Å². The van der Waals surface area contributed by atoms with Crippen LogP contribution in [0.25, 0.3) is 5.70 Å². The van der Waals surface area contributed by atoms with Crippen LogP contribution in [0.1, 0.15) is 48.0 Å². The Morgan fingerprint density at radius 1 is 1.33 bits per heavy atom. The van der Waals surface area contributed by atoms with Crippen LogP contribution in [0.15, 0.2) is 53.6 Å². The lowest BCUT2D eigenvalue weighted by Crippen LogP contribution is -2.34. The minimum atomic E-state index is -0.929. The van der Waals surface area contributed by atoms with Crippen LogP contribution in [0.4, 0.5) is 11.8 Å². The molecule has 36 heavy (non-hydrogen) atoms. The zero-order valence-electron chi connectivity index (χ0n) is 21.4. The number of imidazole rings is 1. The fourth-order valence-electron chi connectivity index (χ4n) is 3.36. The van der Waals surface area contributed by atoms with Crippen molar-refractivity contribution in [3.63, 3.8) is 0 Å². The van der Waals surface area contributed by atoms with Crippen LogP contribution in [0.3, 0.4) is 0 Å². The normalized spacial score (nSPS) is 12.1. The number of methoxy groups -OCH3 is 1. The quantitative estimate of drug-likeness (QED) is 0.194. The van der Waals surface area contributed by atoms with Crippen LogP contribution in [0.5, 0.6) is 0 Å². The molecule has 2 rings (SSSR count). The highest BCUT2D eigenvalue weighted by Crippen LogP contribution is 2.31. The molecule has 0 aliphatic rings. The van der Waals surface area contributed by atoms with E-state index in [1.807, 2.05) is 25.2 Å². The molecule has 0 saturated heterocycles. The number of allylic oxidation sites excluding steroid dienone is 5. The maximum absolute atomic E-state index is 13.6. The molecule has 0 spiro atoms. The molecule has 2 aromatic rings. The highest BCUT2D eigenvalue weighted by molar-refractivity contribution is 9.10. The highest BCUT2D eigenvalue weighted by atomic mass is 79.9. The third-order valence-electron chi connectivity index (χ3n) is 4.81. The number of nitrogens with zero attached hydrogens (tertiary/aromatic N) is 3. The van der Waals surface area contributed by atoms with E-state index >= 15 is 0 Å². The lowest BCUT2D eigenvalue weighted by molar-refractivity contribution is -0.0369.